The van der Waals surface area contributed by atoms with Gasteiger partial charge in [-0.3, -0.25) is 0 Å². The third-order valence-electron chi connectivity index (χ3n) is 0.621. The average molecular weight is 176 g/mol. The fourth-order valence-corrected chi connectivity index (χ4v) is 0.333. The minimum atomic E-state index is -4.76. The van der Waals surface area contributed by atoms with Crippen molar-refractivity contribution in [3.63, 3.8) is 0 Å². The summed E-state index contributed by atoms with van der Waals surface area (Å²) < 4.78 is 48.7. The molecule has 0 aliphatic rings. The molecule has 1 unspecified atom stereocenters. The molecule has 66 valence electrons. The molecule has 0 bridgehead atoms. The third kappa shape index (κ3) is 6.88. The lowest BCUT2D eigenvalue weighted by atomic mass is 10.4. The van der Waals surface area contributed by atoms with Crippen LogP contribution in [-0.4, -0.2) is 23.8 Å². The van der Waals surface area contributed by atoms with E-state index in [1.165, 1.54) is 0 Å². The maximum absolute atomic E-state index is 11.8. The van der Waals surface area contributed by atoms with Crippen LogP contribution in [0.5, 0.6) is 0 Å². The van der Waals surface area contributed by atoms with E-state index in [0.29, 0.717) is 0 Å². The molecule has 0 aromatic heterocycles. The second kappa shape index (κ2) is 3.40. The van der Waals surface area contributed by atoms with Gasteiger partial charge in [-0.15, -0.1) is 0 Å². The van der Waals surface area contributed by atoms with Crippen LogP contribution in [0.15, 0.2) is 0 Å². The summed E-state index contributed by atoms with van der Waals surface area (Å²) in [5.74, 6) is 0. The second-order valence-electron chi connectivity index (χ2n) is 1.61. The summed E-state index contributed by atoms with van der Waals surface area (Å²) >= 11 is 0. The first kappa shape index (κ1) is 9.99. The molecule has 1 N–H and O–H groups in total. The van der Waals surface area contributed by atoms with Gasteiger partial charge in [-0.25, -0.2) is 9.18 Å². The first-order valence-electron chi connectivity index (χ1n) is 2.41. The van der Waals surface area contributed by atoms with Gasteiger partial charge in [-0.05, 0) is 0 Å². The van der Waals surface area contributed by atoms with E-state index in [2.05, 4.69) is 4.74 Å². The van der Waals surface area contributed by atoms with Crippen molar-refractivity contribution in [2.75, 3.05) is 0 Å². The maximum Gasteiger partial charge on any atom is 0.508 e. The molecule has 3 nitrogen and oxygen atoms in total. The van der Waals surface area contributed by atoms with Crippen LogP contribution in [0, 0.1) is 0 Å². The highest BCUT2D eigenvalue weighted by molar-refractivity contribution is 5.56. The Morgan fingerprint density at radius 1 is 1.55 bits per heavy atom. The Labute approximate surface area is 58.6 Å². The van der Waals surface area contributed by atoms with Crippen molar-refractivity contribution in [3.05, 3.63) is 0 Å². The molecule has 0 amide bonds. The van der Waals surface area contributed by atoms with Crippen LogP contribution in [0.25, 0.3) is 0 Å². The molecule has 0 spiro atoms. The van der Waals surface area contributed by atoms with E-state index in [1.807, 2.05) is 0 Å². The molecule has 0 aliphatic heterocycles. The van der Waals surface area contributed by atoms with Crippen molar-refractivity contribution in [2.45, 2.75) is 19.0 Å². The van der Waals surface area contributed by atoms with E-state index in [0.717, 1.165) is 0 Å². The zero-order valence-corrected chi connectivity index (χ0v) is 5.06. The molecule has 0 saturated heterocycles. The van der Waals surface area contributed by atoms with E-state index in [4.69, 9.17) is 5.11 Å². The van der Waals surface area contributed by atoms with Crippen LogP contribution < -0.4 is 0 Å². The molecule has 0 aliphatic carbocycles. The van der Waals surface area contributed by atoms with E-state index in [-0.39, 0.29) is 0 Å². The monoisotopic (exact) mass is 176 g/mol. The summed E-state index contributed by atoms with van der Waals surface area (Å²) in [5, 5.41) is 7.65. The van der Waals surface area contributed by atoms with Gasteiger partial charge < -0.3 is 9.84 Å². The highest BCUT2D eigenvalue weighted by Gasteiger charge is 2.33. The lowest BCUT2D eigenvalue weighted by Crippen LogP contribution is -2.20. The zero-order valence-electron chi connectivity index (χ0n) is 5.06. The van der Waals surface area contributed by atoms with Gasteiger partial charge in [0.15, 0.2) is 0 Å². The fraction of sp³-hybridized carbons (Fsp3) is 0.750. The van der Waals surface area contributed by atoms with Gasteiger partial charge in [0, 0.05) is 0 Å². The molecule has 1 atom stereocenters. The van der Waals surface area contributed by atoms with Gasteiger partial charge in [0.25, 0.3) is 6.36 Å². The summed E-state index contributed by atoms with van der Waals surface area (Å²) in [6.45, 7) is 0. The predicted octanol–water partition coefficient (Wildman–Crippen LogP) is 1.93. The molecule has 0 heterocycles. The molecule has 0 radical (unpaired) electrons. The van der Waals surface area contributed by atoms with Gasteiger partial charge in [-0.1, -0.05) is 0 Å². The lowest BCUT2D eigenvalue weighted by molar-refractivity contribution is -0.173. The van der Waals surface area contributed by atoms with Crippen LogP contribution in [0.1, 0.15) is 6.42 Å². The number of halogens is 4. The van der Waals surface area contributed by atoms with Crippen molar-refractivity contribution in [3.8, 4) is 0 Å². The molecule has 0 saturated carbocycles. The molecule has 0 aromatic rings. The van der Waals surface area contributed by atoms with Gasteiger partial charge in [0.2, 0.25) is 0 Å². The quantitative estimate of drug-likeness (QED) is 0.516. The Bertz CT molecular complexity index is 143. The maximum atomic E-state index is 11.8. The van der Waals surface area contributed by atoms with Gasteiger partial charge >= 0.3 is 12.3 Å². The van der Waals surface area contributed by atoms with Crippen LogP contribution in [0.3, 0.4) is 0 Å². The number of alkyl halides is 4. The average Bonchev–Trinajstić information content (AvgIpc) is 1.53. The Hall–Kier alpha value is -1.01. The van der Waals surface area contributed by atoms with Crippen molar-refractivity contribution >= 4 is 6.16 Å². The number of ether oxygens (including phenoxy) is 1. The Balaban J connectivity index is 3.69. The molecule has 0 fully saturated rings. The summed E-state index contributed by atoms with van der Waals surface area (Å²) in [5.41, 5.74) is 0. The summed E-state index contributed by atoms with van der Waals surface area (Å²) in [6, 6.07) is 0. The van der Waals surface area contributed by atoms with Crippen molar-refractivity contribution in [1.29, 1.82) is 0 Å². The Morgan fingerprint density at radius 2 is 2.00 bits per heavy atom. The topological polar surface area (TPSA) is 46.5 Å². The first-order valence-corrected chi connectivity index (χ1v) is 2.41. The minimum Gasteiger partial charge on any atom is -0.450 e. The zero-order chi connectivity index (χ0) is 9.07. The van der Waals surface area contributed by atoms with E-state index < -0.39 is 25.1 Å². The summed E-state index contributed by atoms with van der Waals surface area (Å²) in [7, 11) is 0. The van der Waals surface area contributed by atoms with Crippen LogP contribution in [0.4, 0.5) is 22.4 Å². The van der Waals surface area contributed by atoms with Crippen molar-refractivity contribution < 1.29 is 32.2 Å². The van der Waals surface area contributed by atoms with Gasteiger partial charge in [0.05, 0.1) is 0 Å². The van der Waals surface area contributed by atoms with E-state index in [1.54, 1.807) is 0 Å². The summed E-state index contributed by atoms with van der Waals surface area (Å²) in [4.78, 5) is 9.47. The standard InChI is InChI=1S/C4H4F4O3/c5-2(11-3(9)10)1-4(6,7)8/h2H,1H2,(H,9,10). The largest absolute Gasteiger partial charge is 0.508 e. The first-order chi connectivity index (χ1) is 4.81. The number of hydrogen-bond donors (Lipinski definition) is 1. The molecule has 7 heteroatoms. The second-order valence-corrected chi connectivity index (χ2v) is 1.61. The van der Waals surface area contributed by atoms with Crippen LogP contribution in [-0.2, 0) is 4.74 Å². The lowest BCUT2D eigenvalue weighted by Gasteiger charge is -2.08. The van der Waals surface area contributed by atoms with Crippen LogP contribution in [0.2, 0.25) is 0 Å². The minimum absolute atomic E-state index is 1.92. The van der Waals surface area contributed by atoms with Crippen molar-refractivity contribution in [2.24, 2.45) is 0 Å². The number of hydrogen-bond acceptors (Lipinski definition) is 2. The van der Waals surface area contributed by atoms with Crippen LogP contribution >= 0.6 is 0 Å². The molecular weight excluding hydrogens is 172 g/mol. The molecular formula is C4H4F4O3. The molecule has 0 rings (SSSR count). The highest BCUT2D eigenvalue weighted by Crippen LogP contribution is 2.23. The molecule has 11 heavy (non-hydrogen) atoms. The normalized spacial score (nSPS) is 14.2. The fourth-order valence-electron chi connectivity index (χ4n) is 0.333. The SMILES string of the molecule is O=C(O)OC(F)CC(F)(F)F. The van der Waals surface area contributed by atoms with Gasteiger partial charge in [-0.2, -0.15) is 13.2 Å². The molecule has 0 aromatic carbocycles. The Kier molecular flexibility index (Phi) is 3.09. The summed E-state index contributed by atoms with van der Waals surface area (Å²) in [6.07, 6.45) is -11.6. The van der Waals surface area contributed by atoms with Crippen molar-refractivity contribution in [1.82, 2.24) is 0 Å². The highest BCUT2D eigenvalue weighted by atomic mass is 19.4. The number of carbonyl (C=O) groups is 1. The smallest absolute Gasteiger partial charge is 0.450 e. The number of carboxylic acid groups (broad SMARTS) is 1. The van der Waals surface area contributed by atoms with E-state index >= 15 is 0 Å². The third-order valence-corrected chi connectivity index (χ3v) is 0.621. The predicted molar refractivity (Wildman–Crippen MR) is 24.7 cm³/mol. The van der Waals surface area contributed by atoms with E-state index in [9.17, 15) is 22.4 Å². The Morgan fingerprint density at radius 3 is 2.27 bits per heavy atom. The number of rotatable bonds is 2. The van der Waals surface area contributed by atoms with Gasteiger partial charge in [0.1, 0.15) is 6.42 Å².